The predicted octanol–water partition coefficient (Wildman–Crippen LogP) is 3.84. The summed E-state index contributed by atoms with van der Waals surface area (Å²) in [5.74, 6) is 0.300. The molecule has 2 aromatic rings. The first-order valence-corrected chi connectivity index (χ1v) is 11.1. The van der Waals surface area contributed by atoms with E-state index < -0.39 is 0 Å². The van der Waals surface area contributed by atoms with Crippen LogP contribution >= 0.6 is 28.1 Å². The van der Waals surface area contributed by atoms with E-state index in [1.807, 2.05) is 13.8 Å². The summed E-state index contributed by atoms with van der Waals surface area (Å²) in [5, 5.41) is 5.77. The summed E-state index contributed by atoms with van der Waals surface area (Å²) < 4.78 is 11.6. The molecule has 164 valence electrons. The maximum Gasteiger partial charge on any atom is 0.257 e. The number of nitrogens with zero attached hydrogens (tertiary/aromatic N) is 1. The number of thiocarbonyl (C=S) groups is 1. The molecule has 2 aromatic carbocycles. The van der Waals surface area contributed by atoms with Gasteiger partial charge in [0.2, 0.25) is 0 Å². The van der Waals surface area contributed by atoms with E-state index in [0.29, 0.717) is 53.3 Å². The smallest absolute Gasteiger partial charge is 0.257 e. The summed E-state index contributed by atoms with van der Waals surface area (Å²) in [5.41, 5.74) is 1.71. The van der Waals surface area contributed by atoms with Crippen LogP contribution in [0.5, 0.6) is 5.75 Å². The van der Waals surface area contributed by atoms with E-state index in [-0.39, 0.29) is 23.0 Å². The van der Waals surface area contributed by atoms with Gasteiger partial charge in [-0.3, -0.25) is 14.9 Å². The van der Waals surface area contributed by atoms with E-state index in [9.17, 15) is 9.59 Å². The monoisotopic (exact) mass is 505 g/mol. The standard InChI is InChI=1S/C22H24BrN3O4S/c1-14(2)30-19-8-5-16(13-18(19)23)20(27)25-22(31)24-17-6-3-15(4-7-17)21(28)26-9-11-29-12-10-26/h3-8,13-14H,9-12H2,1-2H3,(H2,24,25,27,31). The van der Waals surface area contributed by atoms with Crippen molar-refractivity contribution in [3.05, 3.63) is 58.1 Å². The minimum atomic E-state index is -0.339. The van der Waals surface area contributed by atoms with Crippen LogP contribution in [0.15, 0.2) is 46.9 Å². The van der Waals surface area contributed by atoms with Gasteiger partial charge in [0.05, 0.1) is 23.8 Å². The van der Waals surface area contributed by atoms with Gasteiger partial charge in [-0.05, 0) is 84.5 Å². The van der Waals surface area contributed by atoms with Crippen molar-refractivity contribution in [1.82, 2.24) is 10.2 Å². The zero-order chi connectivity index (χ0) is 22.4. The molecule has 2 N–H and O–H groups in total. The fourth-order valence-corrected chi connectivity index (χ4v) is 3.66. The lowest BCUT2D eigenvalue weighted by Crippen LogP contribution is -2.40. The molecule has 2 amide bonds. The first kappa shape index (κ1) is 23.2. The molecule has 31 heavy (non-hydrogen) atoms. The summed E-state index contributed by atoms with van der Waals surface area (Å²) in [7, 11) is 0. The van der Waals surface area contributed by atoms with Gasteiger partial charge >= 0.3 is 0 Å². The number of carbonyl (C=O) groups excluding carboxylic acids is 2. The second-order valence-electron chi connectivity index (χ2n) is 7.20. The van der Waals surface area contributed by atoms with Crippen LogP contribution in [-0.2, 0) is 4.74 Å². The first-order valence-electron chi connectivity index (χ1n) is 9.89. The number of carbonyl (C=O) groups is 2. The molecule has 3 rings (SSSR count). The molecule has 1 saturated heterocycles. The van der Waals surface area contributed by atoms with Crippen LogP contribution in [0.4, 0.5) is 5.69 Å². The Morgan fingerprint density at radius 1 is 1.10 bits per heavy atom. The zero-order valence-corrected chi connectivity index (χ0v) is 19.7. The van der Waals surface area contributed by atoms with E-state index in [1.54, 1.807) is 47.4 Å². The van der Waals surface area contributed by atoms with Gasteiger partial charge in [0.25, 0.3) is 11.8 Å². The number of morpholine rings is 1. The lowest BCUT2D eigenvalue weighted by Gasteiger charge is -2.26. The minimum absolute atomic E-state index is 0.0267. The van der Waals surface area contributed by atoms with Crippen LogP contribution in [0, 0.1) is 0 Å². The molecule has 0 atom stereocenters. The molecule has 0 unspecified atom stereocenters. The molecule has 0 aliphatic carbocycles. The molecule has 0 aromatic heterocycles. The molecule has 9 heteroatoms. The number of ether oxygens (including phenoxy) is 2. The highest BCUT2D eigenvalue weighted by Crippen LogP contribution is 2.27. The Bertz CT molecular complexity index is 960. The van der Waals surface area contributed by atoms with Crippen LogP contribution in [0.25, 0.3) is 0 Å². The Labute approximate surface area is 195 Å². The predicted molar refractivity (Wildman–Crippen MR) is 127 cm³/mol. The second-order valence-corrected chi connectivity index (χ2v) is 8.46. The Kier molecular flexibility index (Phi) is 8.00. The Hall–Kier alpha value is -2.49. The third kappa shape index (κ3) is 6.49. The number of nitrogens with one attached hydrogen (secondary N) is 2. The van der Waals surface area contributed by atoms with Gasteiger partial charge in [-0.15, -0.1) is 0 Å². The molecular weight excluding hydrogens is 482 g/mol. The zero-order valence-electron chi connectivity index (χ0n) is 17.3. The molecule has 1 aliphatic heterocycles. The fourth-order valence-electron chi connectivity index (χ4n) is 2.97. The van der Waals surface area contributed by atoms with E-state index in [4.69, 9.17) is 21.7 Å². The molecule has 0 saturated carbocycles. The number of halogens is 1. The summed E-state index contributed by atoms with van der Waals surface area (Å²) >= 11 is 8.67. The van der Waals surface area contributed by atoms with Crippen molar-refractivity contribution in [2.24, 2.45) is 0 Å². The van der Waals surface area contributed by atoms with Crippen molar-refractivity contribution in [2.75, 3.05) is 31.6 Å². The Morgan fingerprint density at radius 3 is 2.35 bits per heavy atom. The van der Waals surface area contributed by atoms with Crippen LogP contribution in [0.1, 0.15) is 34.6 Å². The van der Waals surface area contributed by atoms with Crippen molar-refractivity contribution < 1.29 is 19.1 Å². The maximum absolute atomic E-state index is 12.5. The van der Waals surface area contributed by atoms with E-state index in [1.165, 1.54) is 0 Å². The van der Waals surface area contributed by atoms with Gasteiger partial charge in [-0.2, -0.15) is 0 Å². The largest absolute Gasteiger partial charge is 0.490 e. The SMILES string of the molecule is CC(C)Oc1ccc(C(=O)NC(=S)Nc2ccc(C(=O)N3CCOCC3)cc2)cc1Br. The van der Waals surface area contributed by atoms with Gasteiger partial charge in [-0.1, -0.05) is 0 Å². The number of anilines is 1. The van der Waals surface area contributed by atoms with Crippen molar-refractivity contribution in [3.63, 3.8) is 0 Å². The molecule has 1 heterocycles. The number of hydrogen-bond donors (Lipinski definition) is 2. The van der Waals surface area contributed by atoms with E-state index >= 15 is 0 Å². The Balaban J connectivity index is 1.56. The van der Waals surface area contributed by atoms with Gasteiger partial charge in [0.1, 0.15) is 5.75 Å². The van der Waals surface area contributed by atoms with E-state index in [0.717, 1.165) is 0 Å². The molecule has 0 bridgehead atoms. The van der Waals surface area contributed by atoms with Crippen LogP contribution in [-0.4, -0.2) is 54.2 Å². The average molecular weight is 506 g/mol. The van der Waals surface area contributed by atoms with Crippen LogP contribution in [0.2, 0.25) is 0 Å². The summed E-state index contributed by atoms with van der Waals surface area (Å²) in [6.45, 7) is 6.17. The van der Waals surface area contributed by atoms with Crippen molar-refractivity contribution in [1.29, 1.82) is 0 Å². The first-order chi connectivity index (χ1) is 14.8. The second kappa shape index (κ2) is 10.7. The average Bonchev–Trinajstić information content (AvgIpc) is 2.75. The van der Waals surface area contributed by atoms with Gasteiger partial charge in [0.15, 0.2) is 5.11 Å². The van der Waals surface area contributed by atoms with Gasteiger partial charge in [0, 0.05) is 29.9 Å². The third-order valence-corrected chi connectivity index (χ3v) is 5.30. The van der Waals surface area contributed by atoms with Gasteiger partial charge in [-0.25, -0.2) is 0 Å². The maximum atomic E-state index is 12.5. The van der Waals surface area contributed by atoms with Crippen LogP contribution < -0.4 is 15.4 Å². The van der Waals surface area contributed by atoms with Crippen molar-refractivity contribution in [3.8, 4) is 5.75 Å². The summed E-state index contributed by atoms with van der Waals surface area (Å²) in [6.07, 6.45) is 0.0308. The minimum Gasteiger partial charge on any atom is -0.490 e. The fraction of sp³-hybridized carbons (Fsp3) is 0.318. The molecule has 0 radical (unpaired) electrons. The normalized spacial score (nSPS) is 13.6. The molecule has 0 spiro atoms. The Morgan fingerprint density at radius 2 is 1.74 bits per heavy atom. The lowest BCUT2D eigenvalue weighted by atomic mass is 10.1. The highest BCUT2D eigenvalue weighted by Gasteiger charge is 2.18. The number of amides is 2. The molecular formula is C22H24BrN3O4S. The van der Waals surface area contributed by atoms with Gasteiger partial charge < -0.3 is 19.7 Å². The molecule has 1 fully saturated rings. The molecule has 1 aliphatic rings. The highest BCUT2D eigenvalue weighted by molar-refractivity contribution is 9.10. The van der Waals surface area contributed by atoms with Crippen LogP contribution in [0.3, 0.4) is 0 Å². The van der Waals surface area contributed by atoms with Crippen molar-refractivity contribution in [2.45, 2.75) is 20.0 Å². The van der Waals surface area contributed by atoms with E-state index in [2.05, 4.69) is 26.6 Å². The summed E-state index contributed by atoms with van der Waals surface area (Å²) in [6, 6.07) is 12.1. The van der Waals surface area contributed by atoms with Crippen molar-refractivity contribution >= 4 is 50.8 Å². The summed E-state index contributed by atoms with van der Waals surface area (Å²) in [4.78, 5) is 26.8. The molecule has 7 nitrogen and oxygen atoms in total. The number of hydrogen-bond acceptors (Lipinski definition) is 5. The lowest BCUT2D eigenvalue weighted by molar-refractivity contribution is 0.0303. The highest BCUT2D eigenvalue weighted by atomic mass is 79.9. The third-order valence-electron chi connectivity index (χ3n) is 4.47. The number of rotatable bonds is 5. The topological polar surface area (TPSA) is 79.9 Å². The number of benzene rings is 2. The quantitative estimate of drug-likeness (QED) is 0.601.